The van der Waals surface area contributed by atoms with Crippen LogP contribution in [0.3, 0.4) is 0 Å². The number of rotatable bonds is 1. The molecule has 1 aromatic carbocycles. The molecule has 0 N–H and O–H groups in total. The minimum absolute atomic E-state index is 0.206. The third-order valence-electron chi connectivity index (χ3n) is 2.67. The van der Waals surface area contributed by atoms with Crippen LogP contribution in [0.4, 0.5) is 0 Å². The first-order chi connectivity index (χ1) is 8.75. The highest BCUT2D eigenvalue weighted by molar-refractivity contribution is 5.81. The molecule has 0 amide bonds. The summed E-state index contributed by atoms with van der Waals surface area (Å²) >= 11 is 0. The van der Waals surface area contributed by atoms with Crippen LogP contribution in [0.2, 0.25) is 0 Å². The van der Waals surface area contributed by atoms with E-state index in [1.807, 2.05) is 12.1 Å². The molecule has 4 heteroatoms. The molecule has 18 heavy (non-hydrogen) atoms. The molecule has 3 aromatic rings. The number of hydrogen-bond acceptors (Lipinski definition) is 4. The maximum absolute atomic E-state index is 11.8. The maximum atomic E-state index is 11.8. The lowest BCUT2D eigenvalue weighted by Crippen LogP contribution is -2.10. The molecular formula is C14H8O4. The monoisotopic (exact) mass is 240 g/mol. The zero-order valence-corrected chi connectivity index (χ0v) is 9.25. The highest BCUT2D eigenvalue weighted by atomic mass is 16.4. The topological polar surface area (TPSA) is 60.4 Å². The van der Waals surface area contributed by atoms with Gasteiger partial charge in [0.1, 0.15) is 5.58 Å². The van der Waals surface area contributed by atoms with Crippen LogP contribution in [-0.4, -0.2) is 0 Å². The summed E-state index contributed by atoms with van der Waals surface area (Å²) in [4.78, 5) is 23.4. The van der Waals surface area contributed by atoms with E-state index in [-0.39, 0.29) is 11.1 Å². The molecule has 0 aliphatic heterocycles. The predicted molar refractivity (Wildman–Crippen MR) is 66.5 cm³/mol. The van der Waals surface area contributed by atoms with Crippen LogP contribution in [0.5, 0.6) is 0 Å². The predicted octanol–water partition coefficient (Wildman–Crippen LogP) is 2.41. The largest absolute Gasteiger partial charge is 0.431 e. The Hall–Kier alpha value is -2.62. The second-order valence-electron chi connectivity index (χ2n) is 3.80. The first kappa shape index (κ1) is 10.5. The van der Waals surface area contributed by atoms with Gasteiger partial charge < -0.3 is 8.83 Å². The Labute approximate surface area is 101 Å². The van der Waals surface area contributed by atoms with Crippen molar-refractivity contribution in [3.63, 3.8) is 0 Å². The molecule has 0 saturated carbocycles. The highest BCUT2D eigenvalue weighted by Crippen LogP contribution is 2.18. The summed E-state index contributed by atoms with van der Waals surface area (Å²) in [5, 5.41) is 0.760. The van der Waals surface area contributed by atoms with Crippen molar-refractivity contribution in [1.82, 2.24) is 0 Å². The van der Waals surface area contributed by atoms with Gasteiger partial charge in [-0.05, 0) is 24.3 Å². The highest BCUT2D eigenvalue weighted by Gasteiger charge is 2.11. The van der Waals surface area contributed by atoms with Crippen molar-refractivity contribution in [3.8, 4) is 11.1 Å². The van der Waals surface area contributed by atoms with Crippen molar-refractivity contribution in [2.45, 2.75) is 0 Å². The lowest BCUT2D eigenvalue weighted by molar-refractivity contribution is 0.511. The average molecular weight is 240 g/mol. The molecule has 0 atom stereocenters. The molecule has 3 rings (SSSR count). The summed E-state index contributed by atoms with van der Waals surface area (Å²) in [6.45, 7) is 0. The van der Waals surface area contributed by atoms with Crippen LogP contribution < -0.4 is 11.3 Å². The molecule has 0 aliphatic rings. The standard InChI is InChI=1S/C14H8O4/c15-13-10(5-3-7-17-13)11-8-9-4-1-2-6-12(9)18-14(11)16/h1-8H. The fraction of sp³-hybridized carbons (Fsp3) is 0. The minimum atomic E-state index is -0.555. The average Bonchev–Trinajstić information content (AvgIpc) is 2.39. The SMILES string of the molecule is O=c1occcc1-c1cc2ccccc2oc1=O. The number of fused-ring (bicyclic) bond motifs is 1. The van der Waals surface area contributed by atoms with Crippen molar-refractivity contribution >= 4 is 11.0 Å². The van der Waals surface area contributed by atoms with E-state index in [2.05, 4.69) is 0 Å². The van der Waals surface area contributed by atoms with Crippen LogP contribution in [0.15, 0.2) is 67.2 Å². The Morgan fingerprint density at radius 1 is 0.833 bits per heavy atom. The molecule has 88 valence electrons. The third kappa shape index (κ3) is 1.64. The van der Waals surface area contributed by atoms with Crippen molar-refractivity contribution in [2.75, 3.05) is 0 Å². The summed E-state index contributed by atoms with van der Waals surface area (Å²) in [6.07, 6.45) is 1.27. The van der Waals surface area contributed by atoms with Crippen molar-refractivity contribution in [1.29, 1.82) is 0 Å². The van der Waals surface area contributed by atoms with Crippen LogP contribution in [-0.2, 0) is 0 Å². The smallest absolute Gasteiger partial charge is 0.344 e. The quantitative estimate of drug-likeness (QED) is 0.613. The van der Waals surface area contributed by atoms with Gasteiger partial charge in [-0.15, -0.1) is 0 Å². The molecule has 0 aliphatic carbocycles. The van der Waals surface area contributed by atoms with E-state index in [1.54, 1.807) is 24.3 Å². The number of benzene rings is 1. The van der Waals surface area contributed by atoms with Gasteiger partial charge in [-0.3, -0.25) is 0 Å². The Morgan fingerprint density at radius 2 is 1.67 bits per heavy atom. The van der Waals surface area contributed by atoms with Crippen LogP contribution in [0.1, 0.15) is 0 Å². The summed E-state index contributed by atoms with van der Waals surface area (Å²) in [5.41, 5.74) is -0.195. The van der Waals surface area contributed by atoms with Crippen LogP contribution in [0.25, 0.3) is 22.1 Å². The summed E-state index contributed by atoms with van der Waals surface area (Å²) < 4.78 is 9.91. The molecule has 2 heterocycles. The molecule has 4 nitrogen and oxygen atoms in total. The van der Waals surface area contributed by atoms with Gasteiger partial charge in [-0.25, -0.2) is 9.59 Å². The van der Waals surface area contributed by atoms with E-state index in [1.165, 1.54) is 12.3 Å². The van der Waals surface area contributed by atoms with Crippen LogP contribution >= 0.6 is 0 Å². The van der Waals surface area contributed by atoms with Gasteiger partial charge >= 0.3 is 11.3 Å². The number of hydrogen-bond donors (Lipinski definition) is 0. The molecule has 0 fully saturated rings. The van der Waals surface area contributed by atoms with Gasteiger partial charge in [0.25, 0.3) is 0 Å². The molecule has 0 saturated heterocycles. The van der Waals surface area contributed by atoms with Crippen molar-refractivity contribution in [3.05, 3.63) is 69.6 Å². The molecule has 0 radical (unpaired) electrons. The molecule has 0 bridgehead atoms. The lowest BCUT2D eigenvalue weighted by atomic mass is 10.1. The Balaban J connectivity index is 2.37. The van der Waals surface area contributed by atoms with Crippen molar-refractivity contribution < 1.29 is 8.83 Å². The molecule has 0 spiro atoms. The zero-order valence-electron chi connectivity index (χ0n) is 9.25. The fourth-order valence-electron chi connectivity index (χ4n) is 1.82. The number of para-hydroxylation sites is 1. The van der Waals surface area contributed by atoms with E-state index < -0.39 is 11.3 Å². The van der Waals surface area contributed by atoms with E-state index in [0.717, 1.165) is 5.39 Å². The van der Waals surface area contributed by atoms with Crippen LogP contribution in [0, 0.1) is 0 Å². The Bertz CT molecular complexity index is 827. The second-order valence-corrected chi connectivity index (χ2v) is 3.80. The molecule has 2 aromatic heterocycles. The van der Waals surface area contributed by atoms with E-state index >= 15 is 0 Å². The third-order valence-corrected chi connectivity index (χ3v) is 2.67. The van der Waals surface area contributed by atoms with Gasteiger partial charge in [-0.1, -0.05) is 18.2 Å². The Morgan fingerprint density at radius 3 is 2.50 bits per heavy atom. The van der Waals surface area contributed by atoms with E-state index in [4.69, 9.17) is 8.83 Å². The van der Waals surface area contributed by atoms with Gasteiger partial charge in [0, 0.05) is 5.39 Å². The maximum Gasteiger partial charge on any atom is 0.344 e. The summed E-state index contributed by atoms with van der Waals surface area (Å²) in [7, 11) is 0. The van der Waals surface area contributed by atoms with E-state index in [9.17, 15) is 9.59 Å². The lowest BCUT2D eigenvalue weighted by Gasteiger charge is -2.00. The summed E-state index contributed by atoms with van der Waals surface area (Å²) in [5.74, 6) is 0. The minimum Gasteiger partial charge on any atom is -0.431 e. The first-order valence-electron chi connectivity index (χ1n) is 5.37. The molecule has 0 unspecified atom stereocenters. The first-order valence-corrected chi connectivity index (χ1v) is 5.37. The van der Waals surface area contributed by atoms with Gasteiger partial charge in [-0.2, -0.15) is 0 Å². The molecular weight excluding hydrogens is 232 g/mol. The van der Waals surface area contributed by atoms with Crippen molar-refractivity contribution in [2.24, 2.45) is 0 Å². The zero-order chi connectivity index (χ0) is 12.5. The van der Waals surface area contributed by atoms with Gasteiger partial charge in [0.15, 0.2) is 0 Å². The Kier molecular flexibility index (Phi) is 2.34. The van der Waals surface area contributed by atoms with E-state index in [0.29, 0.717) is 5.58 Å². The van der Waals surface area contributed by atoms with Gasteiger partial charge in [0.05, 0.1) is 17.4 Å². The summed E-state index contributed by atoms with van der Waals surface area (Å²) in [6, 6.07) is 11.9. The second kappa shape index (κ2) is 4.00. The normalized spacial score (nSPS) is 10.7. The van der Waals surface area contributed by atoms with Gasteiger partial charge in [0.2, 0.25) is 0 Å². The fourth-order valence-corrected chi connectivity index (χ4v) is 1.82.